The van der Waals surface area contributed by atoms with Crippen molar-refractivity contribution in [2.75, 3.05) is 5.23 Å². The molecule has 2 aromatic heterocycles. The van der Waals surface area contributed by atoms with Crippen LogP contribution in [0, 0.1) is 5.21 Å². The fourth-order valence-corrected chi connectivity index (χ4v) is 1.81. The summed E-state index contributed by atoms with van der Waals surface area (Å²) in [5.74, 6) is 0. The number of aromatic amines is 2. The minimum Gasteiger partial charge on any atom is -0.694 e. The van der Waals surface area contributed by atoms with Gasteiger partial charge in [-0.15, -0.1) is 0 Å². The van der Waals surface area contributed by atoms with E-state index in [4.69, 9.17) is 5.21 Å². The van der Waals surface area contributed by atoms with E-state index in [1.807, 2.05) is 18.3 Å². The number of hydrogen-bond donors (Lipinski definition) is 2. The van der Waals surface area contributed by atoms with Crippen molar-refractivity contribution in [1.29, 1.82) is 0 Å². The zero-order valence-electron chi connectivity index (χ0n) is 8.77. The average Bonchev–Trinajstić information content (AvgIpc) is 2.96. The van der Waals surface area contributed by atoms with Gasteiger partial charge in [-0.05, 0) is 30.3 Å². The van der Waals surface area contributed by atoms with Gasteiger partial charge in [-0.1, -0.05) is 0 Å². The highest BCUT2D eigenvalue weighted by atomic mass is 16.8. The molecule has 0 amide bonds. The number of benzene rings is 1. The zero-order chi connectivity index (χ0) is 11.8. The van der Waals surface area contributed by atoms with Crippen molar-refractivity contribution in [2.24, 2.45) is 0 Å². The van der Waals surface area contributed by atoms with E-state index in [0.29, 0.717) is 0 Å². The van der Waals surface area contributed by atoms with Crippen molar-refractivity contribution in [3.05, 3.63) is 41.7 Å². The van der Waals surface area contributed by atoms with Crippen molar-refractivity contribution in [2.45, 2.75) is 0 Å². The minimum atomic E-state index is 0.0882. The second-order valence-corrected chi connectivity index (χ2v) is 3.68. The SMILES string of the molecule is [O-]N([OH2+])c1ccc2[nH]nc(-c3ccc[nH]3)c2c1. The van der Waals surface area contributed by atoms with Crippen LogP contribution in [0.5, 0.6) is 0 Å². The predicted molar refractivity (Wildman–Crippen MR) is 65.3 cm³/mol. The van der Waals surface area contributed by atoms with E-state index in [1.165, 1.54) is 0 Å². The van der Waals surface area contributed by atoms with E-state index < -0.39 is 0 Å². The van der Waals surface area contributed by atoms with Gasteiger partial charge in [0, 0.05) is 11.6 Å². The Balaban J connectivity index is 2.23. The fraction of sp³-hybridized carbons (Fsp3) is 0. The van der Waals surface area contributed by atoms with Crippen LogP contribution in [-0.2, 0) is 0 Å². The molecular weight excluding hydrogens is 220 g/mol. The Kier molecular flexibility index (Phi) is 2.10. The van der Waals surface area contributed by atoms with Gasteiger partial charge in [-0.2, -0.15) is 10.3 Å². The van der Waals surface area contributed by atoms with E-state index >= 15 is 0 Å². The first-order valence-electron chi connectivity index (χ1n) is 5.06. The maximum Gasteiger partial charge on any atom is 0.116 e. The molecule has 0 bridgehead atoms. The summed E-state index contributed by atoms with van der Waals surface area (Å²) in [4.78, 5) is 3.06. The standard InChI is InChI=1S/C11H9N4O2/c16-15(17)7-3-4-9-8(6-7)11(14-13-9)10-2-1-5-12-10/h1-6,12,16H,(H,13,14)/q-1/p+1. The molecule has 0 saturated carbocycles. The molecule has 3 rings (SSSR count). The fourth-order valence-electron chi connectivity index (χ4n) is 1.81. The highest BCUT2D eigenvalue weighted by molar-refractivity contribution is 5.94. The van der Waals surface area contributed by atoms with Gasteiger partial charge in [-0.3, -0.25) is 5.10 Å². The zero-order valence-corrected chi connectivity index (χ0v) is 8.77. The van der Waals surface area contributed by atoms with Crippen LogP contribution >= 0.6 is 0 Å². The third-order valence-electron chi connectivity index (χ3n) is 2.63. The summed E-state index contributed by atoms with van der Waals surface area (Å²) in [7, 11) is 0. The van der Waals surface area contributed by atoms with Crippen LogP contribution in [0.2, 0.25) is 0 Å². The largest absolute Gasteiger partial charge is 0.694 e. The number of rotatable bonds is 2. The first kappa shape index (κ1) is 9.88. The molecule has 0 unspecified atom stereocenters. The number of fused-ring (bicyclic) bond motifs is 1. The van der Waals surface area contributed by atoms with Gasteiger partial charge in [0.05, 0.1) is 16.9 Å². The van der Waals surface area contributed by atoms with E-state index in [2.05, 4.69) is 15.2 Å². The van der Waals surface area contributed by atoms with Gasteiger partial charge >= 0.3 is 0 Å². The quantitative estimate of drug-likeness (QED) is 0.516. The van der Waals surface area contributed by atoms with E-state index in [9.17, 15) is 5.21 Å². The molecule has 0 atom stereocenters. The topological polar surface area (TPSA) is 93.7 Å². The first-order valence-corrected chi connectivity index (χ1v) is 5.06. The number of nitrogens with one attached hydrogen (secondary N) is 2. The lowest BCUT2D eigenvalue weighted by atomic mass is 10.1. The molecule has 0 spiro atoms. The monoisotopic (exact) mass is 230 g/mol. The predicted octanol–water partition coefficient (Wildman–Crippen LogP) is 1.50. The summed E-state index contributed by atoms with van der Waals surface area (Å²) in [5, 5.41) is 26.0. The molecule has 0 aliphatic heterocycles. The third kappa shape index (κ3) is 1.55. The van der Waals surface area contributed by atoms with Gasteiger partial charge in [0.2, 0.25) is 0 Å². The Morgan fingerprint density at radius 1 is 1.29 bits per heavy atom. The number of anilines is 1. The van der Waals surface area contributed by atoms with Gasteiger partial charge in [0.25, 0.3) is 0 Å². The van der Waals surface area contributed by atoms with Crippen molar-refractivity contribution >= 4 is 16.6 Å². The molecule has 4 N–H and O–H groups in total. The Bertz CT molecular complexity index is 643. The van der Waals surface area contributed by atoms with Crippen molar-refractivity contribution in [1.82, 2.24) is 15.2 Å². The number of aromatic nitrogens is 3. The average molecular weight is 230 g/mol. The first-order chi connectivity index (χ1) is 8.25. The molecule has 6 heteroatoms. The smallest absolute Gasteiger partial charge is 0.116 e. The molecule has 86 valence electrons. The number of nitrogens with zero attached hydrogens (tertiary/aromatic N) is 2. The Labute approximate surface area is 96.0 Å². The Morgan fingerprint density at radius 3 is 2.88 bits per heavy atom. The lowest BCUT2D eigenvalue weighted by Crippen LogP contribution is -2.06. The summed E-state index contributed by atoms with van der Waals surface area (Å²) < 4.78 is 0. The lowest BCUT2D eigenvalue weighted by molar-refractivity contribution is 0.296. The van der Waals surface area contributed by atoms with Crippen LogP contribution in [0.25, 0.3) is 22.3 Å². The van der Waals surface area contributed by atoms with Crippen molar-refractivity contribution < 1.29 is 5.21 Å². The third-order valence-corrected chi connectivity index (χ3v) is 2.63. The Morgan fingerprint density at radius 2 is 2.18 bits per heavy atom. The molecular formula is C11H10N4O2. The molecule has 6 nitrogen and oxygen atoms in total. The van der Waals surface area contributed by atoms with Gasteiger partial charge in [0.15, 0.2) is 0 Å². The van der Waals surface area contributed by atoms with Gasteiger partial charge in [0.1, 0.15) is 5.69 Å². The Hall–Kier alpha value is -2.31. The molecule has 0 saturated heterocycles. The highest BCUT2D eigenvalue weighted by Crippen LogP contribution is 2.28. The van der Waals surface area contributed by atoms with E-state index in [1.54, 1.807) is 18.2 Å². The molecule has 3 aromatic rings. The second-order valence-electron chi connectivity index (χ2n) is 3.68. The summed E-state index contributed by atoms with van der Waals surface area (Å²) in [6.07, 6.45) is 1.81. The number of H-pyrrole nitrogens is 2. The minimum absolute atomic E-state index is 0.0882. The van der Waals surface area contributed by atoms with Gasteiger partial charge in [-0.25, -0.2) is 0 Å². The summed E-state index contributed by atoms with van der Waals surface area (Å²) in [6.45, 7) is 0. The summed E-state index contributed by atoms with van der Waals surface area (Å²) in [5.41, 5.74) is 2.73. The van der Waals surface area contributed by atoms with E-state index in [-0.39, 0.29) is 10.9 Å². The van der Waals surface area contributed by atoms with Crippen LogP contribution in [-0.4, -0.2) is 20.4 Å². The van der Waals surface area contributed by atoms with Crippen LogP contribution in [0.15, 0.2) is 36.5 Å². The molecule has 1 aromatic carbocycles. The van der Waals surface area contributed by atoms with Crippen LogP contribution < -0.4 is 5.23 Å². The maximum absolute atomic E-state index is 11.0. The van der Waals surface area contributed by atoms with Crippen molar-refractivity contribution in [3.8, 4) is 11.4 Å². The molecule has 17 heavy (non-hydrogen) atoms. The second kappa shape index (κ2) is 3.62. The van der Waals surface area contributed by atoms with Crippen LogP contribution in [0.3, 0.4) is 0 Å². The molecule has 0 fully saturated rings. The lowest BCUT2D eigenvalue weighted by Gasteiger charge is -2.15. The van der Waals surface area contributed by atoms with Crippen LogP contribution in [0.4, 0.5) is 5.69 Å². The normalized spacial score (nSPS) is 10.9. The number of hydrogen-bond acceptors (Lipinski definition) is 3. The highest BCUT2D eigenvalue weighted by Gasteiger charge is 2.10. The summed E-state index contributed by atoms with van der Waals surface area (Å²) >= 11 is 0. The van der Waals surface area contributed by atoms with Crippen molar-refractivity contribution in [3.63, 3.8) is 0 Å². The summed E-state index contributed by atoms with van der Waals surface area (Å²) in [6, 6.07) is 8.75. The maximum atomic E-state index is 11.0. The molecule has 0 aliphatic carbocycles. The van der Waals surface area contributed by atoms with Crippen LogP contribution in [0.1, 0.15) is 0 Å². The molecule has 0 radical (unpaired) electrons. The van der Waals surface area contributed by atoms with Gasteiger partial charge < -0.3 is 15.4 Å². The molecule has 0 aliphatic rings. The van der Waals surface area contributed by atoms with E-state index in [0.717, 1.165) is 22.3 Å². The molecule has 2 heterocycles.